The van der Waals surface area contributed by atoms with Crippen LogP contribution in [0, 0.1) is 0 Å². The van der Waals surface area contributed by atoms with Gasteiger partial charge in [0, 0.05) is 10.2 Å². The second kappa shape index (κ2) is 3.27. The molecule has 8 heavy (non-hydrogen) atoms. The first-order valence-electron chi connectivity index (χ1n) is 2.72. The SMILES string of the molecule is C[Si](C)(C)C(S)CBr. The van der Waals surface area contributed by atoms with Crippen molar-refractivity contribution in [3.05, 3.63) is 0 Å². The third-order valence-electron chi connectivity index (χ3n) is 1.15. The van der Waals surface area contributed by atoms with Gasteiger partial charge in [-0.15, -0.1) is 0 Å². The smallest absolute Gasteiger partial charge is 0.0594 e. The van der Waals surface area contributed by atoms with Crippen molar-refractivity contribution in [2.45, 2.75) is 24.5 Å². The van der Waals surface area contributed by atoms with Crippen molar-refractivity contribution in [1.82, 2.24) is 0 Å². The highest BCUT2D eigenvalue weighted by molar-refractivity contribution is 9.09. The Bertz CT molecular complexity index is 69.3. The van der Waals surface area contributed by atoms with E-state index in [-0.39, 0.29) is 0 Å². The monoisotopic (exact) mass is 212 g/mol. The van der Waals surface area contributed by atoms with Crippen LogP contribution in [0.1, 0.15) is 0 Å². The molecule has 0 aromatic heterocycles. The summed E-state index contributed by atoms with van der Waals surface area (Å²) in [6.07, 6.45) is 0. The van der Waals surface area contributed by atoms with E-state index in [0.29, 0.717) is 4.87 Å². The number of hydrogen-bond donors (Lipinski definition) is 1. The van der Waals surface area contributed by atoms with Crippen LogP contribution in [-0.4, -0.2) is 18.3 Å². The third kappa shape index (κ3) is 3.15. The van der Waals surface area contributed by atoms with E-state index in [4.69, 9.17) is 0 Å². The van der Waals surface area contributed by atoms with Gasteiger partial charge in [-0.3, -0.25) is 0 Å². The lowest BCUT2D eigenvalue weighted by atomic mass is 10.9. The predicted octanol–water partition coefficient (Wildman–Crippen LogP) is 2.56. The average Bonchev–Trinajstić information content (AvgIpc) is 1.62. The molecule has 0 aliphatic rings. The topological polar surface area (TPSA) is 0 Å². The zero-order valence-corrected chi connectivity index (χ0v) is 9.09. The summed E-state index contributed by atoms with van der Waals surface area (Å²) in [7, 11) is -0.943. The fourth-order valence-electron chi connectivity index (χ4n) is 0.231. The van der Waals surface area contributed by atoms with Gasteiger partial charge in [-0.05, 0) is 0 Å². The second-order valence-corrected chi connectivity index (χ2v) is 10.2. The minimum Gasteiger partial charge on any atom is -0.178 e. The molecular weight excluding hydrogens is 200 g/mol. The fourth-order valence-corrected chi connectivity index (χ4v) is 3.61. The molecule has 0 aliphatic carbocycles. The van der Waals surface area contributed by atoms with Gasteiger partial charge in [0.15, 0.2) is 0 Å². The van der Waals surface area contributed by atoms with Crippen LogP contribution < -0.4 is 0 Å². The van der Waals surface area contributed by atoms with Gasteiger partial charge in [0.25, 0.3) is 0 Å². The summed E-state index contributed by atoms with van der Waals surface area (Å²) in [6.45, 7) is 6.98. The van der Waals surface area contributed by atoms with E-state index < -0.39 is 8.07 Å². The molecule has 0 heterocycles. The van der Waals surface area contributed by atoms with Crippen molar-refractivity contribution in [3.8, 4) is 0 Å². The Morgan fingerprint density at radius 2 is 1.88 bits per heavy atom. The lowest BCUT2D eigenvalue weighted by Gasteiger charge is -2.21. The van der Waals surface area contributed by atoms with E-state index in [1.165, 1.54) is 0 Å². The van der Waals surface area contributed by atoms with Crippen LogP contribution in [0.25, 0.3) is 0 Å². The molecule has 0 bridgehead atoms. The zero-order chi connectivity index (χ0) is 6.78. The lowest BCUT2D eigenvalue weighted by molar-refractivity contribution is 1.34. The van der Waals surface area contributed by atoms with E-state index >= 15 is 0 Å². The van der Waals surface area contributed by atoms with Crippen molar-refractivity contribution < 1.29 is 0 Å². The number of halogens is 1. The maximum Gasteiger partial charge on any atom is 0.0594 e. The summed E-state index contributed by atoms with van der Waals surface area (Å²) in [4.78, 5) is 0.600. The lowest BCUT2D eigenvalue weighted by Crippen LogP contribution is -2.34. The summed E-state index contributed by atoms with van der Waals surface area (Å²) < 4.78 is 0. The van der Waals surface area contributed by atoms with E-state index in [1.54, 1.807) is 0 Å². The van der Waals surface area contributed by atoms with Crippen LogP contribution in [0.15, 0.2) is 0 Å². The normalized spacial score (nSPS) is 16.1. The number of rotatable bonds is 2. The number of thiol groups is 1. The van der Waals surface area contributed by atoms with Crippen LogP contribution in [0.3, 0.4) is 0 Å². The van der Waals surface area contributed by atoms with Crippen molar-refractivity contribution in [2.24, 2.45) is 0 Å². The molecule has 0 saturated heterocycles. The minimum absolute atomic E-state index is 0.600. The van der Waals surface area contributed by atoms with Gasteiger partial charge in [0.05, 0.1) is 8.07 Å². The van der Waals surface area contributed by atoms with Gasteiger partial charge >= 0.3 is 0 Å². The van der Waals surface area contributed by atoms with Gasteiger partial charge in [0.1, 0.15) is 0 Å². The molecule has 1 unspecified atom stereocenters. The average molecular weight is 213 g/mol. The summed E-state index contributed by atoms with van der Waals surface area (Å²) in [6, 6.07) is 0. The Labute approximate surface area is 66.6 Å². The quantitative estimate of drug-likeness (QED) is 0.407. The highest BCUT2D eigenvalue weighted by Gasteiger charge is 2.21. The first-order chi connectivity index (χ1) is 3.48. The molecule has 0 aromatic carbocycles. The Hall–Kier alpha value is 1.05. The molecule has 50 valence electrons. The summed E-state index contributed by atoms with van der Waals surface area (Å²) >= 11 is 7.83. The maximum absolute atomic E-state index is 4.43. The first kappa shape index (κ1) is 9.05. The van der Waals surface area contributed by atoms with Crippen molar-refractivity contribution in [2.75, 3.05) is 5.33 Å². The Balaban J connectivity index is 3.62. The van der Waals surface area contributed by atoms with E-state index in [0.717, 1.165) is 5.33 Å². The molecule has 0 rings (SSSR count). The molecule has 0 amide bonds. The predicted molar refractivity (Wildman–Crippen MR) is 49.9 cm³/mol. The van der Waals surface area contributed by atoms with Crippen LogP contribution in [0.4, 0.5) is 0 Å². The minimum atomic E-state index is -0.943. The maximum atomic E-state index is 4.43. The molecule has 0 radical (unpaired) electrons. The molecule has 3 heteroatoms. The highest BCUT2D eigenvalue weighted by atomic mass is 79.9. The van der Waals surface area contributed by atoms with Gasteiger partial charge in [-0.2, -0.15) is 12.6 Å². The second-order valence-electron chi connectivity index (χ2n) is 3.04. The van der Waals surface area contributed by atoms with E-state index in [1.807, 2.05) is 0 Å². The van der Waals surface area contributed by atoms with Gasteiger partial charge in [-0.1, -0.05) is 35.6 Å². The van der Waals surface area contributed by atoms with Gasteiger partial charge in [0.2, 0.25) is 0 Å². The molecule has 0 N–H and O–H groups in total. The molecule has 0 aliphatic heterocycles. The number of alkyl halides is 1. The van der Waals surface area contributed by atoms with Crippen LogP contribution in [-0.2, 0) is 0 Å². The third-order valence-corrected chi connectivity index (χ3v) is 7.60. The summed E-state index contributed by atoms with van der Waals surface area (Å²) in [5, 5.41) is 1.03. The Kier molecular flexibility index (Phi) is 3.70. The Morgan fingerprint density at radius 3 is 1.88 bits per heavy atom. The first-order valence-corrected chi connectivity index (χ1v) is 7.94. The molecule has 0 aromatic rings. The van der Waals surface area contributed by atoms with Gasteiger partial charge in [-0.25, -0.2) is 0 Å². The highest BCUT2D eigenvalue weighted by Crippen LogP contribution is 2.14. The largest absolute Gasteiger partial charge is 0.178 e. The molecule has 0 spiro atoms. The van der Waals surface area contributed by atoms with Crippen molar-refractivity contribution in [1.29, 1.82) is 0 Å². The summed E-state index contributed by atoms with van der Waals surface area (Å²) in [5.41, 5.74) is 0. The van der Waals surface area contributed by atoms with E-state index in [2.05, 4.69) is 48.2 Å². The standard InChI is InChI=1S/C5H13BrSSi/c1-8(2,3)5(7)4-6/h5,7H,4H2,1-3H3. The Morgan fingerprint density at radius 1 is 1.50 bits per heavy atom. The van der Waals surface area contributed by atoms with Crippen LogP contribution in [0.2, 0.25) is 19.6 Å². The molecule has 0 nitrogen and oxygen atoms in total. The summed E-state index contributed by atoms with van der Waals surface area (Å²) in [5.74, 6) is 0. The van der Waals surface area contributed by atoms with Crippen LogP contribution in [0.5, 0.6) is 0 Å². The molecule has 0 fully saturated rings. The van der Waals surface area contributed by atoms with Gasteiger partial charge < -0.3 is 0 Å². The fraction of sp³-hybridized carbons (Fsp3) is 1.00. The zero-order valence-electron chi connectivity index (χ0n) is 5.61. The van der Waals surface area contributed by atoms with Crippen molar-refractivity contribution >= 4 is 36.6 Å². The molecule has 0 saturated carbocycles. The number of hydrogen-bond acceptors (Lipinski definition) is 1. The molecule has 1 atom stereocenters. The van der Waals surface area contributed by atoms with Crippen LogP contribution >= 0.6 is 28.6 Å². The molecular formula is C5H13BrSSi. The van der Waals surface area contributed by atoms with E-state index in [9.17, 15) is 0 Å². The van der Waals surface area contributed by atoms with Crippen molar-refractivity contribution in [3.63, 3.8) is 0 Å².